The molecule has 0 saturated heterocycles. The Morgan fingerprint density at radius 2 is 1.36 bits per heavy atom. The fourth-order valence-electron chi connectivity index (χ4n) is 7.09. The summed E-state index contributed by atoms with van der Waals surface area (Å²) in [5, 5.41) is 0. The van der Waals surface area contributed by atoms with Gasteiger partial charge in [0.1, 0.15) is 0 Å². The van der Waals surface area contributed by atoms with Gasteiger partial charge in [-0.2, -0.15) is 8.78 Å². The van der Waals surface area contributed by atoms with Crippen molar-refractivity contribution in [1.29, 1.82) is 0 Å². The first-order chi connectivity index (χ1) is 17.6. The maximum Gasteiger partial charge on any atom is 0.204 e. The molecule has 36 heavy (non-hydrogen) atoms. The lowest BCUT2D eigenvalue weighted by molar-refractivity contribution is 0.119. The third-order valence-corrected chi connectivity index (χ3v) is 9.50. The number of hydrogen-bond donors (Lipinski definition) is 0. The van der Waals surface area contributed by atoms with Crippen LogP contribution < -0.4 is 9.47 Å². The molecule has 1 aromatic carbocycles. The van der Waals surface area contributed by atoms with Crippen molar-refractivity contribution >= 4 is 0 Å². The van der Waals surface area contributed by atoms with Crippen molar-refractivity contribution in [3.05, 3.63) is 23.3 Å². The number of rotatable bonds is 12. The SMILES string of the molecule is CCCCCC1CCC(C2CCC(COc3cc4c(c(F)c3F)OC(CCCCC)CC4)CC2)CC1. The minimum absolute atomic E-state index is 0.00369. The van der Waals surface area contributed by atoms with E-state index in [1.165, 1.54) is 64.2 Å². The molecule has 4 heteroatoms. The summed E-state index contributed by atoms with van der Waals surface area (Å²) < 4.78 is 41.5. The van der Waals surface area contributed by atoms with E-state index in [0.29, 0.717) is 12.5 Å². The third kappa shape index (κ3) is 7.38. The Kier molecular flexibility index (Phi) is 10.8. The molecule has 4 rings (SSSR count). The van der Waals surface area contributed by atoms with Crippen LogP contribution in [0.2, 0.25) is 0 Å². The fourth-order valence-corrected chi connectivity index (χ4v) is 7.09. The molecule has 2 nitrogen and oxygen atoms in total. The molecule has 0 amide bonds. The van der Waals surface area contributed by atoms with E-state index in [1.807, 2.05) is 0 Å². The van der Waals surface area contributed by atoms with E-state index >= 15 is 0 Å². The second-order valence-corrected chi connectivity index (χ2v) is 12.1. The van der Waals surface area contributed by atoms with Crippen LogP contribution in [0.4, 0.5) is 8.78 Å². The van der Waals surface area contributed by atoms with Crippen molar-refractivity contribution in [3.8, 4) is 11.5 Å². The van der Waals surface area contributed by atoms with Gasteiger partial charge in [0.15, 0.2) is 11.5 Å². The van der Waals surface area contributed by atoms with Gasteiger partial charge in [0.05, 0.1) is 12.7 Å². The quantitative estimate of drug-likeness (QED) is 0.264. The first-order valence-corrected chi connectivity index (χ1v) is 15.4. The number of halogens is 2. The van der Waals surface area contributed by atoms with Crippen LogP contribution in [0, 0.1) is 35.3 Å². The Morgan fingerprint density at radius 3 is 2.00 bits per heavy atom. The van der Waals surface area contributed by atoms with Crippen LogP contribution in [0.5, 0.6) is 11.5 Å². The zero-order chi connectivity index (χ0) is 25.3. The highest BCUT2D eigenvalue weighted by Crippen LogP contribution is 2.43. The highest BCUT2D eigenvalue weighted by atomic mass is 19.2. The Hall–Kier alpha value is -1.32. The van der Waals surface area contributed by atoms with Gasteiger partial charge in [0, 0.05) is 5.56 Å². The summed E-state index contributed by atoms with van der Waals surface area (Å²) in [5.74, 6) is 1.64. The van der Waals surface area contributed by atoms with Gasteiger partial charge < -0.3 is 9.47 Å². The van der Waals surface area contributed by atoms with Gasteiger partial charge in [0.2, 0.25) is 11.6 Å². The van der Waals surface area contributed by atoms with Crippen LogP contribution in [0.25, 0.3) is 0 Å². The summed E-state index contributed by atoms with van der Waals surface area (Å²) in [6, 6.07) is 1.70. The molecule has 0 bridgehead atoms. The predicted molar refractivity (Wildman–Crippen MR) is 144 cm³/mol. The molecule has 3 aliphatic rings. The lowest BCUT2D eigenvalue weighted by Crippen LogP contribution is -2.27. The van der Waals surface area contributed by atoms with Crippen LogP contribution in [-0.2, 0) is 6.42 Å². The molecule has 2 saturated carbocycles. The fraction of sp³-hybridized carbons (Fsp3) is 0.812. The lowest BCUT2D eigenvalue weighted by atomic mass is 9.69. The average Bonchev–Trinajstić information content (AvgIpc) is 2.91. The molecule has 2 fully saturated rings. The number of benzene rings is 1. The Balaban J connectivity index is 1.21. The van der Waals surface area contributed by atoms with Crippen molar-refractivity contribution in [1.82, 2.24) is 0 Å². The first kappa shape index (κ1) is 27.7. The molecule has 1 atom stereocenters. The summed E-state index contributed by atoms with van der Waals surface area (Å²) in [6.45, 7) is 4.95. The molecule has 1 aromatic rings. The van der Waals surface area contributed by atoms with Gasteiger partial charge >= 0.3 is 0 Å². The molecule has 1 unspecified atom stereocenters. The summed E-state index contributed by atoms with van der Waals surface area (Å²) in [5.41, 5.74) is 0.754. The zero-order valence-corrected chi connectivity index (χ0v) is 23.0. The Morgan fingerprint density at radius 1 is 0.750 bits per heavy atom. The molecular weight excluding hydrogens is 454 g/mol. The predicted octanol–water partition coefficient (Wildman–Crippen LogP) is 9.81. The van der Waals surface area contributed by atoms with Gasteiger partial charge in [-0.15, -0.1) is 0 Å². The summed E-state index contributed by atoms with van der Waals surface area (Å²) in [7, 11) is 0. The Labute approximate surface area is 218 Å². The smallest absolute Gasteiger partial charge is 0.204 e. The van der Waals surface area contributed by atoms with Crippen molar-refractivity contribution in [3.63, 3.8) is 0 Å². The minimum Gasteiger partial charge on any atom is -0.490 e. The molecule has 0 spiro atoms. The molecule has 204 valence electrons. The first-order valence-electron chi connectivity index (χ1n) is 15.4. The average molecular weight is 505 g/mol. The van der Waals surface area contributed by atoms with E-state index in [4.69, 9.17) is 9.47 Å². The standard InChI is InChI=1S/C32H50F2O2/c1-3-5-7-9-23-11-15-25(16-12-23)26-17-13-24(14-18-26)22-35-29-21-27-19-20-28(10-8-6-4-2)36-32(27)31(34)30(29)33/h21,23-26,28H,3-20,22H2,1-2H3. The van der Waals surface area contributed by atoms with Gasteiger partial charge in [-0.1, -0.05) is 65.2 Å². The van der Waals surface area contributed by atoms with Crippen LogP contribution in [0.15, 0.2) is 6.07 Å². The maximum atomic E-state index is 14.9. The molecule has 0 radical (unpaired) electrons. The van der Waals surface area contributed by atoms with Gasteiger partial charge in [-0.3, -0.25) is 0 Å². The topological polar surface area (TPSA) is 18.5 Å². The monoisotopic (exact) mass is 504 g/mol. The molecule has 1 heterocycles. The number of ether oxygens (including phenoxy) is 2. The number of aryl methyl sites for hydroxylation is 1. The Bertz CT molecular complexity index is 794. The van der Waals surface area contributed by atoms with Crippen LogP contribution in [0.3, 0.4) is 0 Å². The second kappa shape index (κ2) is 14.0. The van der Waals surface area contributed by atoms with Crippen molar-refractivity contribution in [2.24, 2.45) is 23.7 Å². The highest BCUT2D eigenvalue weighted by molar-refractivity contribution is 5.44. The van der Waals surface area contributed by atoms with E-state index in [-0.39, 0.29) is 17.6 Å². The molecule has 0 N–H and O–H groups in total. The lowest BCUT2D eigenvalue weighted by Gasteiger charge is -2.38. The third-order valence-electron chi connectivity index (χ3n) is 9.50. The van der Waals surface area contributed by atoms with Gasteiger partial charge in [-0.05, 0) is 93.9 Å². The van der Waals surface area contributed by atoms with E-state index in [9.17, 15) is 8.78 Å². The number of fused-ring (bicyclic) bond motifs is 1. The van der Waals surface area contributed by atoms with Crippen molar-refractivity contribution in [2.75, 3.05) is 6.61 Å². The molecule has 1 aliphatic heterocycles. The summed E-state index contributed by atoms with van der Waals surface area (Å²) in [6.07, 6.45) is 22.0. The van der Waals surface area contributed by atoms with Crippen LogP contribution in [0.1, 0.15) is 129 Å². The zero-order valence-electron chi connectivity index (χ0n) is 23.0. The van der Waals surface area contributed by atoms with Crippen molar-refractivity contribution < 1.29 is 18.3 Å². The number of unbranched alkanes of at least 4 members (excludes halogenated alkanes) is 4. The summed E-state index contributed by atoms with van der Waals surface area (Å²) in [4.78, 5) is 0. The molecule has 2 aliphatic carbocycles. The van der Waals surface area contributed by atoms with E-state index < -0.39 is 11.6 Å². The van der Waals surface area contributed by atoms with Crippen LogP contribution in [-0.4, -0.2) is 12.7 Å². The number of hydrogen-bond acceptors (Lipinski definition) is 2. The van der Waals surface area contributed by atoms with E-state index in [2.05, 4.69) is 13.8 Å². The van der Waals surface area contributed by atoms with Crippen LogP contribution >= 0.6 is 0 Å². The van der Waals surface area contributed by atoms with E-state index in [0.717, 1.165) is 74.7 Å². The largest absolute Gasteiger partial charge is 0.490 e. The minimum atomic E-state index is -0.882. The van der Waals surface area contributed by atoms with Gasteiger partial charge in [-0.25, -0.2) is 0 Å². The molecule has 0 aromatic heterocycles. The normalized spacial score (nSPS) is 28.4. The van der Waals surface area contributed by atoms with Gasteiger partial charge in [0.25, 0.3) is 0 Å². The van der Waals surface area contributed by atoms with Crippen molar-refractivity contribution in [2.45, 2.75) is 136 Å². The highest BCUT2D eigenvalue weighted by Gasteiger charge is 2.32. The summed E-state index contributed by atoms with van der Waals surface area (Å²) >= 11 is 0. The molecular formula is C32H50F2O2. The maximum absolute atomic E-state index is 14.9. The van der Waals surface area contributed by atoms with E-state index in [1.54, 1.807) is 6.07 Å². The second-order valence-electron chi connectivity index (χ2n) is 12.1.